The van der Waals surface area contributed by atoms with Gasteiger partial charge in [0.25, 0.3) is 10.0 Å². The number of nitrogens with one attached hydrogen (secondary N) is 1. The van der Waals surface area contributed by atoms with Crippen molar-refractivity contribution in [1.29, 1.82) is 0 Å². The zero-order chi connectivity index (χ0) is 17.6. The smallest absolute Gasteiger partial charge is 0.265 e. The molecule has 0 spiro atoms. The van der Waals surface area contributed by atoms with Gasteiger partial charge in [0.05, 0.1) is 10.6 Å². The van der Waals surface area contributed by atoms with Gasteiger partial charge in [-0.3, -0.25) is 9.10 Å². The van der Waals surface area contributed by atoms with E-state index in [0.29, 0.717) is 21.8 Å². The van der Waals surface area contributed by atoms with E-state index >= 15 is 0 Å². The van der Waals surface area contributed by atoms with Crippen LogP contribution < -0.4 is 9.62 Å². The largest absolute Gasteiger partial charge is 0.324 e. The summed E-state index contributed by atoms with van der Waals surface area (Å²) < 4.78 is 26.8. The Morgan fingerprint density at radius 2 is 1.76 bits per heavy atom. The molecule has 1 aliphatic rings. The van der Waals surface area contributed by atoms with Crippen LogP contribution >= 0.6 is 11.6 Å². The number of rotatable bonds is 3. The van der Waals surface area contributed by atoms with Crippen molar-refractivity contribution >= 4 is 49.7 Å². The van der Waals surface area contributed by atoms with Crippen LogP contribution in [0.2, 0.25) is 5.02 Å². The Hall–Kier alpha value is -2.57. The van der Waals surface area contributed by atoms with E-state index in [1.165, 1.54) is 0 Å². The lowest BCUT2D eigenvalue weighted by Crippen LogP contribution is -2.35. The maximum Gasteiger partial charge on any atom is 0.265 e. The number of carbonyl (C=O) groups excluding carboxylic acids is 1. The summed E-state index contributed by atoms with van der Waals surface area (Å²) in [5.74, 6) is -0.435. The van der Waals surface area contributed by atoms with E-state index in [1.807, 2.05) is 12.1 Å². The fourth-order valence-electron chi connectivity index (χ4n) is 3.03. The molecule has 7 heteroatoms. The van der Waals surface area contributed by atoms with Gasteiger partial charge in [0.1, 0.15) is 6.54 Å². The lowest BCUT2D eigenvalue weighted by atomic mass is 10.1. The van der Waals surface area contributed by atoms with Crippen LogP contribution in [0, 0.1) is 0 Å². The summed E-state index contributed by atoms with van der Waals surface area (Å²) in [6.45, 7) is -0.303. The summed E-state index contributed by atoms with van der Waals surface area (Å²) in [6, 6.07) is 17.2. The fraction of sp³-hybridized carbons (Fsp3) is 0.0556. The highest BCUT2D eigenvalue weighted by Gasteiger charge is 2.36. The van der Waals surface area contributed by atoms with E-state index in [1.54, 1.807) is 48.5 Å². The van der Waals surface area contributed by atoms with Crippen LogP contribution in [0.4, 0.5) is 11.4 Å². The average Bonchev–Trinajstić information content (AvgIpc) is 2.78. The highest BCUT2D eigenvalue weighted by Crippen LogP contribution is 2.41. The maximum atomic E-state index is 12.8. The quantitative estimate of drug-likeness (QED) is 0.763. The van der Waals surface area contributed by atoms with Gasteiger partial charge >= 0.3 is 0 Å². The molecule has 0 atom stereocenters. The highest BCUT2D eigenvalue weighted by molar-refractivity contribution is 7.93. The normalized spacial score (nSPS) is 14.7. The molecule has 1 aliphatic heterocycles. The second-order valence-electron chi connectivity index (χ2n) is 5.70. The number of hydrogen-bond donors (Lipinski definition) is 1. The minimum atomic E-state index is -3.75. The van der Waals surface area contributed by atoms with Gasteiger partial charge in [-0.05, 0) is 35.7 Å². The van der Waals surface area contributed by atoms with E-state index in [0.717, 1.165) is 9.69 Å². The standard InChI is InChI=1S/C18H13ClN2O3S/c19-13-6-3-7-14(10-13)20-17(22)11-21-15-8-1-4-12-5-2-9-16(18(12)15)25(21,23)24/h1-10H,11H2,(H,20,22). The summed E-state index contributed by atoms with van der Waals surface area (Å²) in [5, 5.41) is 4.65. The molecule has 3 aromatic rings. The third-order valence-corrected chi connectivity index (χ3v) is 6.11. The van der Waals surface area contributed by atoms with Crippen molar-refractivity contribution < 1.29 is 13.2 Å². The van der Waals surface area contributed by atoms with Crippen LogP contribution in [-0.2, 0) is 14.8 Å². The van der Waals surface area contributed by atoms with Gasteiger partial charge in [-0.15, -0.1) is 0 Å². The number of nitrogens with zero attached hydrogens (tertiary/aromatic N) is 1. The maximum absolute atomic E-state index is 12.8. The van der Waals surface area contributed by atoms with E-state index < -0.39 is 15.9 Å². The molecule has 0 fully saturated rings. The molecule has 0 unspecified atom stereocenters. The van der Waals surface area contributed by atoms with Crippen molar-refractivity contribution in [2.75, 3.05) is 16.2 Å². The minimum Gasteiger partial charge on any atom is -0.324 e. The zero-order valence-corrected chi connectivity index (χ0v) is 14.5. The number of sulfonamides is 1. The lowest BCUT2D eigenvalue weighted by Gasteiger charge is -2.18. The Kier molecular flexibility index (Phi) is 3.67. The number of hydrogen-bond acceptors (Lipinski definition) is 3. The summed E-state index contributed by atoms with van der Waals surface area (Å²) in [7, 11) is -3.75. The van der Waals surface area contributed by atoms with Crippen LogP contribution in [0.15, 0.2) is 65.6 Å². The number of benzene rings is 3. The van der Waals surface area contributed by atoms with E-state index in [4.69, 9.17) is 11.6 Å². The SMILES string of the molecule is O=C(CN1c2cccc3cccc(c23)S1(=O)=O)Nc1cccc(Cl)c1. The molecule has 25 heavy (non-hydrogen) atoms. The Morgan fingerprint density at radius 3 is 2.52 bits per heavy atom. The summed E-state index contributed by atoms with van der Waals surface area (Å²) >= 11 is 5.90. The first-order valence-electron chi connectivity index (χ1n) is 7.57. The Labute approximate surface area is 149 Å². The summed E-state index contributed by atoms with van der Waals surface area (Å²) in [4.78, 5) is 12.6. The predicted octanol–water partition coefficient (Wildman–Crippen LogP) is 3.64. The van der Waals surface area contributed by atoms with Gasteiger partial charge in [0.15, 0.2) is 0 Å². The Balaban J connectivity index is 1.68. The third kappa shape index (κ3) is 2.63. The van der Waals surface area contributed by atoms with Crippen LogP contribution in [0.1, 0.15) is 0 Å². The lowest BCUT2D eigenvalue weighted by molar-refractivity contribution is -0.114. The van der Waals surface area contributed by atoms with Gasteiger partial charge in [-0.2, -0.15) is 0 Å². The van der Waals surface area contributed by atoms with Gasteiger partial charge in [0.2, 0.25) is 5.91 Å². The van der Waals surface area contributed by atoms with Gasteiger partial charge in [0, 0.05) is 16.1 Å². The number of anilines is 2. The van der Waals surface area contributed by atoms with Crippen molar-refractivity contribution in [2.45, 2.75) is 4.90 Å². The van der Waals surface area contributed by atoms with Gasteiger partial charge < -0.3 is 5.32 Å². The summed E-state index contributed by atoms with van der Waals surface area (Å²) in [6.07, 6.45) is 0. The molecule has 0 aromatic heterocycles. The monoisotopic (exact) mass is 372 g/mol. The minimum absolute atomic E-state index is 0.233. The first-order chi connectivity index (χ1) is 12.0. The second kappa shape index (κ2) is 5.75. The first kappa shape index (κ1) is 15.9. The molecule has 0 saturated carbocycles. The van der Waals surface area contributed by atoms with Crippen molar-refractivity contribution in [3.63, 3.8) is 0 Å². The van der Waals surface area contributed by atoms with Crippen LogP contribution in [0.3, 0.4) is 0 Å². The Morgan fingerprint density at radius 1 is 1.04 bits per heavy atom. The number of amides is 1. The van der Waals surface area contributed by atoms with E-state index in [9.17, 15) is 13.2 Å². The molecular formula is C18H13ClN2O3S. The molecule has 4 rings (SSSR count). The number of carbonyl (C=O) groups is 1. The topological polar surface area (TPSA) is 66.5 Å². The molecule has 0 saturated heterocycles. The fourth-order valence-corrected chi connectivity index (χ4v) is 4.88. The highest BCUT2D eigenvalue weighted by atomic mass is 35.5. The van der Waals surface area contributed by atoms with Crippen molar-refractivity contribution in [2.24, 2.45) is 0 Å². The summed E-state index contributed by atoms with van der Waals surface area (Å²) in [5.41, 5.74) is 1.04. The second-order valence-corrected chi connectivity index (χ2v) is 7.97. The van der Waals surface area contributed by atoms with Crippen molar-refractivity contribution in [3.8, 4) is 0 Å². The average molecular weight is 373 g/mol. The van der Waals surface area contributed by atoms with Crippen LogP contribution in [0.25, 0.3) is 10.8 Å². The molecule has 0 bridgehead atoms. The zero-order valence-electron chi connectivity index (χ0n) is 12.9. The molecular weight excluding hydrogens is 360 g/mol. The molecule has 1 heterocycles. The molecule has 3 aromatic carbocycles. The number of halogens is 1. The van der Waals surface area contributed by atoms with Gasteiger partial charge in [-0.1, -0.05) is 41.9 Å². The Bertz CT molecular complexity index is 1110. The molecule has 0 aliphatic carbocycles. The molecule has 5 nitrogen and oxygen atoms in total. The predicted molar refractivity (Wildman–Crippen MR) is 98.6 cm³/mol. The third-order valence-electron chi connectivity index (χ3n) is 4.08. The first-order valence-corrected chi connectivity index (χ1v) is 9.38. The van der Waals surface area contributed by atoms with Crippen molar-refractivity contribution in [3.05, 3.63) is 65.7 Å². The molecule has 1 amide bonds. The van der Waals surface area contributed by atoms with E-state index in [-0.39, 0.29) is 11.4 Å². The van der Waals surface area contributed by atoms with Gasteiger partial charge in [-0.25, -0.2) is 8.42 Å². The van der Waals surface area contributed by atoms with Crippen LogP contribution in [0.5, 0.6) is 0 Å². The van der Waals surface area contributed by atoms with E-state index in [2.05, 4.69) is 5.32 Å². The molecule has 1 N–H and O–H groups in total. The molecule has 0 radical (unpaired) electrons. The van der Waals surface area contributed by atoms with Crippen molar-refractivity contribution in [1.82, 2.24) is 0 Å². The molecule has 126 valence electrons. The van der Waals surface area contributed by atoms with Crippen LogP contribution in [-0.4, -0.2) is 20.9 Å².